The predicted octanol–water partition coefficient (Wildman–Crippen LogP) is 3.48. The summed E-state index contributed by atoms with van der Waals surface area (Å²) < 4.78 is 13.4. The van der Waals surface area contributed by atoms with Crippen molar-refractivity contribution in [2.24, 2.45) is 5.92 Å². The molecule has 0 radical (unpaired) electrons. The number of thiazole rings is 1. The Morgan fingerprint density at radius 3 is 2.64 bits per heavy atom. The summed E-state index contributed by atoms with van der Waals surface area (Å²) in [6.07, 6.45) is 2.55. The summed E-state index contributed by atoms with van der Waals surface area (Å²) in [5, 5.41) is 3.20. The Kier molecular flexibility index (Phi) is 5.92. The third-order valence-electron chi connectivity index (χ3n) is 5.71. The Balaban J connectivity index is 1.30. The number of carbonyl (C=O) groups excluding carboxylic acids is 1. The molecule has 28 heavy (non-hydrogen) atoms. The molecule has 1 aromatic heterocycles. The molecule has 2 aliphatic heterocycles. The quantitative estimate of drug-likeness (QED) is 0.785. The van der Waals surface area contributed by atoms with Crippen molar-refractivity contribution >= 4 is 22.4 Å². The molecule has 0 spiro atoms. The second-order valence-electron chi connectivity index (χ2n) is 7.87. The highest BCUT2D eigenvalue weighted by Gasteiger charge is 2.24. The zero-order valence-electron chi connectivity index (χ0n) is 16.3. The summed E-state index contributed by atoms with van der Waals surface area (Å²) in [6, 6.07) is 5.92. The van der Waals surface area contributed by atoms with E-state index in [0.29, 0.717) is 18.7 Å². The first-order valence-electron chi connectivity index (χ1n) is 10.0. The van der Waals surface area contributed by atoms with Gasteiger partial charge in [0.2, 0.25) is 0 Å². The van der Waals surface area contributed by atoms with Crippen molar-refractivity contribution in [3.8, 4) is 0 Å². The number of piperidine rings is 1. The zero-order chi connectivity index (χ0) is 19.5. The van der Waals surface area contributed by atoms with Gasteiger partial charge >= 0.3 is 0 Å². The molecule has 2 saturated heterocycles. The van der Waals surface area contributed by atoms with Gasteiger partial charge < -0.3 is 9.80 Å². The topological polar surface area (TPSA) is 39.7 Å². The molecule has 2 fully saturated rings. The van der Waals surface area contributed by atoms with Gasteiger partial charge in [0.1, 0.15) is 5.82 Å². The average Bonchev–Trinajstić information content (AvgIpc) is 3.18. The summed E-state index contributed by atoms with van der Waals surface area (Å²) >= 11 is 1.69. The van der Waals surface area contributed by atoms with Gasteiger partial charge in [-0.05, 0) is 50.0 Å². The van der Waals surface area contributed by atoms with Gasteiger partial charge in [0.25, 0.3) is 5.91 Å². The number of hydrogen-bond donors (Lipinski definition) is 0. The number of carbonyl (C=O) groups is 1. The van der Waals surface area contributed by atoms with E-state index in [2.05, 4.69) is 22.1 Å². The van der Waals surface area contributed by atoms with Crippen molar-refractivity contribution < 1.29 is 9.18 Å². The summed E-state index contributed by atoms with van der Waals surface area (Å²) in [7, 11) is 0. The van der Waals surface area contributed by atoms with Gasteiger partial charge in [-0.3, -0.25) is 9.69 Å². The van der Waals surface area contributed by atoms with Gasteiger partial charge in [0.05, 0.1) is 5.69 Å². The highest BCUT2D eigenvalue weighted by atomic mass is 32.1. The highest BCUT2D eigenvalue weighted by Crippen LogP contribution is 2.24. The van der Waals surface area contributed by atoms with Crippen molar-refractivity contribution in [2.45, 2.75) is 26.3 Å². The number of hydrogen-bond acceptors (Lipinski definition) is 5. The van der Waals surface area contributed by atoms with Gasteiger partial charge in [-0.25, -0.2) is 9.37 Å². The molecule has 2 aromatic rings. The van der Waals surface area contributed by atoms with Crippen LogP contribution in [0.4, 0.5) is 9.52 Å². The van der Waals surface area contributed by atoms with E-state index in [-0.39, 0.29) is 11.7 Å². The minimum atomic E-state index is -0.372. The van der Waals surface area contributed by atoms with Crippen molar-refractivity contribution in [1.29, 1.82) is 0 Å². The highest BCUT2D eigenvalue weighted by molar-refractivity contribution is 7.13. The van der Waals surface area contributed by atoms with Crippen LogP contribution in [-0.2, 0) is 6.54 Å². The molecule has 0 bridgehead atoms. The number of nitrogens with zero attached hydrogens (tertiary/aromatic N) is 4. The molecule has 2 aliphatic rings. The molecular formula is C21H27FN4OS. The molecule has 3 heterocycles. The standard InChI is InChI=1S/C21H27FN4OS/c1-16-5-7-24(8-6-16)14-19-15-28-21(23-19)26-11-9-25(10-12-26)20(27)17-3-2-4-18(22)13-17/h2-4,13,15-16H,5-12,14H2,1H3. The van der Waals surface area contributed by atoms with Gasteiger partial charge in [-0.15, -0.1) is 11.3 Å². The Bertz CT molecular complexity index is 810. The van der Waals surface area contributed by atoms with Gasteiger partial charge in [-0.1, -0.05) is 13.0 Å². The number of rotatable bonds is 4. The number of anilines is 1. The molecule has 5 nitrogen and oxygen atoms in total. The van der Waals surface area contributed by atoms with Gasteiger partial charge in [0, 0.05) is 43.7 Å². The molecule has 1 amide bonds. The number of aromatic nitrogens is 1. The van der Waals surface area contributed by atoms with Crippen LogP contribution in [0.25, 0.3) is 0 Å². The summed E-state index contributed by atoms with van der Waals surface area (Å²) in [6.45, 7) is 8.37. The van der Waals surface area contributed by atoms with E-state index < -0.39 is 0 Å². The second-order valence-corrected chi connectivity index (χ2v) is 8.71. The average molecular weight is 403 g/mol. The van der Waals surface area contributed by atoms with E-state index in [0.717, 1.165) is 49.5 Å². The van der Waals surface area contributed by atoms with Crippen molar-refractivity contribution in [1.82, 2.24) is 14.8 Å². The van der Waals surface area contributed by atoms with Crippen LogP contribution in [0.2, 0.25) is 0 Å². The first kappa shape index (κ1) is 19.3. The number of halogens is 1. The van der Waals surface area contributed by atoms with Crippen molar-refractivity contribution in [2.75, 3.05) is 44.2 Å². The monoisotopic (exact) mass is 402 g/mol. The Labute approximate surface area is 169 Å². The fourth-order valence-corrected chi connectivity index (χ4v) is 4.74. The van der Waals surface area contributed by atoms with Crippen LogP contribution in [0.15, 0.2) is 29.6 Å². The van der Waals surface area contributed by atoms with Gasteiger partial charge in [-0.2, -0.15) is 0 Å². The van der Waals surface area contributed by atoms with Crippen LogP contribution in [0.5, 0.6) is 0 Å². The normalized spacial score (nSPS) is 19.2. The number of piperazine rings is 1. The summed E-state index contributed by atoms with van der Waals surface area (Å²) in [5.74, 6) is 0.370. The Morgan fingerprint density at radius 1 is 1.18 bits per heavy atom. The SMILES string of the molecule is CC1CCN(Cc2csc(N3CCN(C(=O)c4cccc(F)c4)CC3)n2)CC1. The Morgan fingerprint density at radius 2 is 1.93 bits per heavy atom. The number of amides is 1. The lowest BCUT2D eigenvalue weighted by Gasteiger charge is -2.34. The molecule has 7 heteroatoms. The van der Waals surface area contributed by atoms with Crippen LogP contribution in [-0.4, -0.2) is 60.0 Å². The molecule has 0 aliphatic carbocycles. The maximum Gasteiger partial charge on any atom is 0.254 e. The number of likely N-dealkylation sites (tertiary alicyclic amines) is 1. The molecule has 0 unspecified atom stereocenters. The fourth-order valence-electron chi connectivity index (χ4n) is 3.87. The van der Waals surface area contributed by atoms with E-state index >= 15 is 0 Å². The molecule has 1 aromatic carbocycles. The molecule has 150 valence electrons. The minimum Gasteiger partial charge on any atom is -0.345 e. The van der Waals surface area contributed by atoms with Crippen LogP contribution in [0.1, 0.15) is 35.8 Å². The molecular weight excluding hydrogens is 375 g/mol. The first-order chi connectivity index (χ1) is 13.6. The fraction of sp³-hybridized carbons (Fsp3) is 0.524. The lowest BCUT2D eigenvalue weighted by atomic mass is 9.99. The van der Waals surface area contributed by atoms with E-state index in [1.807, 2.05) is 0 Å². The van der Waals surface area contributed by atoms with Crippen LogP contribution in [0.3, 0.4) is 0 Å². The van der Waals surface area contributed by atoms with Crippen LogP contribution < -0.4 is 4.90 Å². The smallest absolute Gasteiger partial charge is 0.254 e. The van der Waals surface area contributed by atoms with Crippen LogP contribution >= 0.6 is 11.3 Å². The first-order valence-corrected chi connectivity index (χ1v) is 10.9. The third kappa shape index (κ3) is 4.52. The molecule has 0 atom stereocenters. The zero-order valence-corrected chi connectivity index (χ0v) is 17.1. The van der Waals surface area contributed by atoms with E-state index in [1.54, 1.807) is 28.4 Å². The molecule has 0 N–H and O–H groups in total. The third-order valence-corrected chi connectivity index (χ3v) is 6.66. The Hall–Kier alpha value is -1.99. The maximum absolute atomic E-state index is 13.4. The minimum absolute atomic E-state index is 0.0988. The lowest BCUT2D eigenvalue weighted by Crippen LogP contribution is -2.48. The van der Waals surface area contributed by atoms with E-state index in [1.165, 1.54) is 25.0 Å². The summed E-state index contributed by atoms with van der Waals surface area (Å²) in [5.41, 5.74) is 1.56. The molecule has 0 saturated carbocycles. The van der Waals surface area contributed by atoms with E-state index in [9.17, 15) is 9.18 Å². The maximum atomic E-state index is 13.4. The van der Waals surface area contributed by atoms with Crippen molar-refractivity contribution in [3.63, 3.8) is 0 Å². The van der Waals surface area contributed by atoms with E-state index in [4.69, 9.17) is 4.98 Å². The van der Waals surface area contributed by atoms with Gasteiger partial charge in [0.15, 0.2) is 5.13 Å². The molecule has 4 rings (SSSR count). The number of benzene rings is 1. The summed E-state index contributed by atoms with van der Waals surface area (Å²) in [4.78, 5) is 23.9. The second kappa shape index (κ2) is 8.57. The largest absolute Gasteiger partial charge is 0.345 e. The van der Waals surface area contributed by atoms with Crippen LogP contribution in [0, 0.1) is 11.7 Å². The van der Waals surface area contributed by atoms with Crippen molar-refractivity contribution in [3.05, 3.63) is 46.7 Å². The predicted molar refractivity (Wildman–Crippen MR) is 110 cm³/mol. The lowest BCUT2D eigenvalue weighted by molar-refractivity contribution is 0.0746.